The lowest BCUT2D eigenvalue weighted by Gasteiger charge is -2.24. The minimum atomic E-state index is -1.12. The molecule has 0 bridgehead atoms. The van der Waals surface area contributed by atoms with E-state index in [1.54, 1.807) is 30.3 Å². The van der Waals surface area contributed by atoms with Crippen LogP contribution in [0.15, 0.2) is 70.8 Å². The summed E-state index contributed by atoms with van der Waals surface area (Å²) in [7, 11) is 4.34. The van der Waals surface area contributed by atoms with E-state index in [2.05, 4.69) is 15.2 Å². The van der Waals surface area contributed by atoms with Gasteiger partial charge in [0.1, 0.15) is 11.6 Å². The molecule has 210 valence electrons. The number of ketones is 1. The Morgan fingerprint density at radius 1 is 1.02 bits per heavy atom. The summed E-state index contributed by atoms with van der Waals surface area (Å²) < 4.78 is 31.0. The second kappa shape index (κ2) is 11.9. The number of nitrogens with zero attached hydrogens (tertiary/aromatic N) is 4. The third-order valence-corrected chi connectivity index (χ3v) is 8.42. The highest BCUT2D eigenvalue weighted by molar-refractivity contribution is 8.00. The van der Waals surface area contributed by atoms with Gasteiger partial charge in [0.15, 0.2) is 15.8 Å². The van der Waals surface area contributed by atoms with Gasteiger partial charge >= 0.3 is 5.91 Å². The first-order chi connectivity index (χ1) is 19.9. The van der Waals surface area contributed by atoms with Gasteiger partial charge in [-0.15, -0.1) is 10.2 Å². The Kier molecular flexibility index (Phi) is 8.17. The third kappa shape index (κ3) is 5.33. The fourth-order valence-corrected chi connectivity index (χ4v) is 6.24. The zero-order chi connectivity index (χ0) is 29.1. The summed E-state index contributed by atoms with van der Waals surface area (Å²) in [6.45, 7) is 0. The van der Waals surface area contributed by atoms with Gasteiger partial charge in [-0.2, -0.15) is 0 Å². The van der Waals surface area contributed by atoms with E-state index in [1.165, 1.54) is 68.6 Å². The standard InChI is InChI=1S/C28H23FN4O6S2/c1-37-19-12-17(13-20(38-2)25(19)39-3)22-21(23(34)15-8-10-30-11-9-15)24(35)26(36)33(22)27-31-32-28(41-27)40-14-16-6-4-5-7-18(16)29/h4-13,22,34H,14H2,1-3H3/b23-21+. The van der Waals surface area contributed by atoms with Gasteiger partial charge in [0.25, 0.3) is 5.78 Å². The van der Waals surface area contributed by atoms with Gasteiger partial charge in [-0.25, -0.2) is 4.39 Å². The number of hydrogen-bond acceptors (Lipinski definition) is 11. The topological polar surface area (TPSA) is 124 Å². The number of rotatable bonds is 9. The molecule has 5 rings (SSSR count). The van der Waals surface area contributed by atoms with E-state index in [4.69, 9.17) is 14.2 Å². The maximum absolute atomic E-state index is 14.1. The van der Waals surface area contributed by atoms with Crippen molar-refractivity contribution >= 4 is 45.7 Å². The Balaban J connectivity index is 1.62. The number of thioether (sulfide) groups is 1. The number of halogens is 1. The fourth-order valence-electron chi connectivity index (χ4n) is 4.38. The maximum Gasteiger partial charge on any atom is 0.301 e. The van der Waals surface area contributed by atoms with Gasteiger partial charge in [0.2, 0.25) is 10.9 Å². The Morgan fingerprint density at radius 2 is 1.71 bits per heavy atom. The summed E-state index contributed by atoms with van der Waals surface area (Å²) in [6.07, 6.45) is 2.92. The molecule has 1 N–H and O–H groups in total. The van der Waals surface area contributed by atoms with Gasteiger partial charge in [0.05, 0.1) is 32.9 Å². The van der Waals surface area contributed by atoms with Crippen molar-refractivity contribution in [3.8, 4) is 17.2 Å². The molecule has 2 aromatic heterocycles. The van der Waals surface area contributed by atoms with Crippen LogP contribution in [-0.2, 0) is 15.3 Å². The molecule has 0 spiro atoms. The van der Waals surface area contributed by atoms with Crippen molar-refractivity contribution in [2.24, 2.45) is 0 Å². The van der Waals surface area contributed by atoms with Crippen LogP contribution in [0.1, 0.15) is 22.7 Å². The van der Waals surface area contributed by atoms with Crippen LogP contribution in [0.25, 0.3) is 5.76 Å². The molecule has 4 aromatic rings. The Labute approximate surface area is 242 Å². The van der Waals surface area contributed by atoms with Gasteiger partial charge in [-0.05, 0) is 41.5 Å². The lowest BCUT2D eigenvalue weighted by Crippen LogP contribution is -2.29. The normalized spacial score (nSPS) is 16.2. The van der Waals surface area contributed by atoms with Crippen LogP contribution in [0.3, 0.4) is 0 Å². The van der Waals surface area contributed by atoms with E-state index in [1.807, 2.05) is 0 Å². The zero-order valence-electron chi connectivity index (χ0n) is 22.0. The monoisotopic (exact) mass is 594 g/mol. The van der Waals surface area contributed by atoms with Crippen molar-refractivity contribution < 1.29 is 33.3 Å². The molecule has 41 heavy (non-hydrogen) atoms. The minimum Gasteiger partial charge on any atom is -0.507 e. The van der Waals surface area contributed by atoms with E-state index in [-0.39, 0.29) is 33.8 Å². The third-order valence-electron chi connectivity index (χ3n) is 6.31. The molecule has 1 unspecified atom stereocenters. The molecule has 10 nitrogen and oxygen atoms in total. The highest BCUT2D eigenvalue weighted by atomic mass is 32.2. The number of amides is 1. The van der Waals surface area contributed by atoms with Crippen LogP contribution < -0.4 is 19.1 Å². The summed E-state index contributed by atoms with van der Waals surface area (Å²) in [5.74, 6) is -1.36. The van der Waals surface area contributed by atoms with Crippen molar-refractivity contribution in [1.29, 1.82) is 0 Å². The second-order valence-corrected chi connectivity index (χ2v) is 10.8. The van der Waals surface area contributed by atoms with Gasteiger partial charge in [0, 0.05) is 23.7 Å². The quantitative estimate of drug-likeness (QED) is 0.0929. The molecular formula is C28H23FN4O6S2. The summed E-state index contributed by atoms with van der Waals surface area (Å²) in [5, 5.41) is 19.8. The van der Waals surface area contributed by atoms with Crippen LogP contribution in [0.2, 0.25) is 0 Å². The number of hydrogen-bond donors (Lipinski definition) is 1. The largest absolute Gasteiger partial charge is 0.507 e. The van der Waals surface area contributed by atoms with Gasteiger partial charge in [-0.1, -0.05) is 41.3 Å². The van der Waals surface area contributed by atoms with E-state index >= 15 is 0 Å². The number of pyridine rings is 1. The second-order valence-electron chi connectivity index (χ2n) is 8.59. The average molecular weight is 595 g/mol. The number of aliphatic hydroxyl groups excluding tert-OH is 1. The van der Waals surface area contributed by atoms with E-state index in [0.29, 0.717) is 32.5 Å². The summed E-state index contributed by atoms with van der Waals surface area (Å²) in [5.41, 5.74) is 1.02. The van der Waals surface area contributed by atoms with Crippen molar-refractivity contribution in [2.45, 2.75) is 16.1 Å². The maximum atomic E-state index is 14.1. The molecule has 2 aromatic carbocycles. The van der Waals surface area contributed by atoms with E-state index in [9.17, 15) is 19.1 Å². The summed E-state index contributed by atoms with van der Waals surface area (Å²) >= 11 is 2.31. The first kappa shape index (κ1) is 28.1. The number of aliphatic hydroxyl groups is 1. The van der Waals surface area contributed by atoms with Crippen molar-refractivity contribution in [3.63, 3.8) is 0 Å². The number of methoxy groups -OCH3 is 3. The van der Waals surface area contributed by atoms with E-state index in [0.717, 1.165) is 11.3 Å². The number of anilines is 1. The summed E-state index contributed by atoms with van der Waals surface area (Å²) in [4.78, 5) is 32.1. The molecule has 1 aliphatic heterocycles. The highest BCUT2D eigenvalue weighted by Crippen LogP contribution is 2.48. The molecule has 0 radical (unpaired) electrons. The number of carbonyl (C=O) groups excluding carboxylic acids is 2. The molecule has 3 heterocycles. The Hall–Kier alpha value is -4.49. The number of aromatic nitrogens is 3. The number of carbonyl (C=O) groups is 2. The number of benzene rings is 2. The number of ether oxygens (including phenoxy) is 3. The van der Waals surface area contributed by atoms with E-state index < -0.39 is 17.7 Å². The fraction of sp³-hybridized carbons (Fsp3) is 0.179. The first-order valence-corrected chi connectivity index (χ1v) is 13.9. The predicted octanol–water partition coefficient (Wildman–Crippen LogP) is 5.02. The van der Waals surface area contributed by atoms with Crippen molar-refractivity contribution in [1.82, 2.24) is 15.2 Å². The van der Waals surface area contributed by atoms with Crippen molar-refractivity contribution in [2.75, 3.05) is 26.2 Å². The molecule has 13 heteroatoms. The van der Waals surface area contributed by atoms with Crippen LogP contribution in [0, 0.1) is 5.82 Å². The average Bonchev–Trinajstić information content (AvgIpc) is 3.57. The molecule has 1 atom stereocenters. The highest BCUT2D eigenvalue weighted by Gasteiger charge is 2.49. The molecule has 1 aliphatic rings. The summed E-state index contributed by atoms with van der Waals surface area (Å²) in [6, 6.07) is 11.5. The molecule has 0 saturated carbocycles. The lowest BCUT2D eigenvalue weighted by atomic mass is 9.95. The Morgan fingerprint density at radius 3 is 2.34 bits per heavy atom. The smallest absolute Gasteiger partial charge is 0.301 e. The number of Topliss-reactive ketones (excluding diaryl/α,β-unsaturated/α-hetero) is 1. The van der Waals surface area contributed by atoms with Crippen LogP contribution in [0.4, 0.5) is 9.52 Å². The van der Waals surface area contributed by atoms with Crippen molar-refractivity contribution in [3.05, 3.63) is 89.0 Å². The molecule has 1 amide bonds. The van der Waals surface area contributed by atoms with Crippen LogP contribution in [-0.4, -0.2) is 53.3 Å². The predicted molar refractivity (Wildman–Crippen MR) is 151 cm³/mol. The molecule has 0 aliphatic carbocycles. The lowest BCUT2D eigenvalue weighted by molar-refractivity contribution is -0.132. The minimum absolute atomic E-state index is 0.121. The zero-order valence-corrected chi connectivity index (χ0v) is 23.7. The SMILES string of the molecule is COc1cc(C2/C(=C(\O)c3ccncc3)C(=O)C(=O)N2c2nnc(SCc3ccccc3F)s2)cc(OC)c1OC. The first-order valence-electron chi connectivity index (χ1n) is 12.1. The van der Waals surface area contributed by atoms with Gasteiger partial charge in [-0.3, -0.25) is 19.5 Å². The van der Waals surface area contributed by atoms with Crippen LogP contribution >= 0.6 is 23.1 Å². The molecular weight excluding hydrogens is 571 g/mol. The van der Waals surface area contributed by atoms with Crippen LogP contribution in [0.5, 0.6) is 17.2 Å². The molecule has 1 saturated heterocycles. The molecule has 1 fully saturated rings. The van der Waals surface area contributed by atoms with Gasteiger partial charge < -0.3 is 19.3 Å². The Bertz CT molecular complexity index is 1620.